The number of rotatable bonds is 4. The van der Waals surface area contributed by atoms with Gasteiger partial charge in [-0.3, -0.25) is 4.99 Å². The molecule has 2 aliphatic rings. The van der Waals surface area contributed by atoms with Gasteiger partial charge in [0.25, 0.3) is 0 Å². The van der Waals surface area contributed by atoms with Crippen molar-refractivity contribution in [2.75, 3.05) is 33.5 Å². The summed E-state index contributed by atoms with van der Waals surface area (Å²) in [5, 5.41) is 6.74. The van der Waals surface area contributed by atoms with Gasteiger partial charge in [0.2, 0.25) is 6.79 Å². The predicted molar refractivity (Wildman–Crippen MR) is 113 cm³/mol. The van der Waals surface area contributed by atoms with Gasteiger partial charge in [-0.15, -0.1) is 24.0 Å². The summed E-state index contributed by atoms with van der Waals surface area (Å²) in [6.45, 7) is 4.53. The van der Waals surface area contributed by atoms with Crippen molar-refractivity contribution in [2.24, 2.45) is 4.99 Å². The van der Waals surface area contributed by atoms with Crippen molar-refractivity contribution in [3.8, 4) is 11.5 Å². The monoisotopic (exact) mass is 490 g/mol. The number of benzene rings is 1. The van der Waals surface area contributed by atoms with Gasteiger partial charge in [-0.2, -0.15) is 0 Å². The molecule has 0 aromatic heterocycles. The molecule has 0 aliphatic carbocycles. The van der Waals surface area contributed by atoms with E-state index in [1.165, 1.54) is 0 Å². The van der Waals surface area contributed by atoms with Crippen LogP contribution in [0.1, 0.15) is 25.3 Å². The fourth-order valence-electron chi connectivity index (χ4n) is 3.05. The van der Waals surface area contributed by atoms with Crippen molar-refractivity contribution in [3.05, 3.63) is 23.8 Å². The summed E-state index contributed by atoms with van der Waals surface area (Å²) in [6.07, 6.45) is 1.50. The smallest absolute Gasteiger partial charge is 0.409 e. The number of nitrogens with one attached hydrogen (secondary N) is 2. The molecule has 2 heterocycles. The van der Waals surface area contributed by atoms with Crippen LogP contribution in [0.15, 0.2) is 23.2 Å². The van der Waals surface area contributed by atoms with Crippen LogP contribution in [0.25, 0.3) is 0 Å². The maximum absolute atomic E-state index is 11.8. The Morgan fingerprint density at radius 1 is 1.30 bits per heavy atom. The van der Waals surface area contributed by atoms with E-state index in [4.69, 9.17) is 14.2 Å². The summed E-state index contributed by atoms with van der Waals surface area (Å²) in [4.78, 5) is 17.8. The molecular weight excluding hydrogens is 463 g/mol. The van der Waals surface area contributed by atoms with Crippen LogP contribution in [0.4, 0.5) is 4.79 Å². The van der Waals surface area contributed by atoms with E-state index in [0.717, 1.165) is 35.9 Å². The molecule has 8 nitrogen and oxygen atoms in total. The number of hydrogen-bond donors (Lipinski definition) is 2. The Morgan fingerprint density at radius 2 is 2.04 bits per heavy atom. The summed E-state index contributed by atoms with van der Waals surface area (Å²) in [6, 6.07) is 6.18. The number of carbonyl (C=O) groups excluding carboxylic acids is 1. The topological polar surface area (TPSA) is 84.4 Å². The summed E-state index contributed by atoms with van der Waals surface area (Å²) in [5.41, 5.74) is 1.09. The van der Waals surface area contributed by atoms with E-state index in [2.05, 4.69) is 15.6 Å². The Labute approximate surface area is 176 Å². The molecule has 2 aliphatic heterocycles. The van der Waals surface area contributed by atoms with Gasteiger partial charge >= 0.3 is 6.09 Å². The summed E-state index contributed by atoms with van der Waals surface area (Å²) >= 11 is 0. The molecule has 1 aromatic carbocycles. The average molecular weight is 490 g/mol. The van der Waals surface area contributed by atoms with Crippen LogP contribution in [0, 0.1) is 0 Å². The zero-order chi connectivity index (χ0) is 18.4. The summed E-state index contributed by atoms with van der Waals surface area (Å²) in [5.74, 6) is 2.31. The van der Waals surface area contributed by atoms with Crippen LogP contribution in [-0.4, -0.2) is 56.5 Å². The molecule has 0 radical (unpaired) electrons. The highest BCUT2D eigenvalue weighted by Crippen LogP contribution is 2.32. The number of fused-ring (bicyclic) bond motifs is 1. The molecule has 0 spiro atoms. The molecule has 0 unspecified atom stereocenters. The van der Waals surface area contributed by atoms with Crippen LogP contribution in [0.2, 0.25) is 0 Å². The first-order valence-corrected chi connectivity index (χ1v) is 8.97. The van der Waals surface area contributed by atoms with E-state index in [-0.39, 0.29) is 42.9 Å². The zero-order valence-corrected chi connectivity index (χ0v) is 18.0. The van der Waals surface area contributed by atoms with Gasteiger partial charge < -0.3 is 29.7 Å². The summed E-state index contributed by atoms with van der Waals surface area (Å²) in [7, 11) is 1.75. The minimum absolute atomic E-state index is 0. The number of guanidine groups is 1. The Kier molecular flexibility index (Phi) is 8.26. The highest BCUT2D eigenvalue weighted by atomic mass is 127. The Hall–Kier alpha value is -1.91. The second-order valence-electron chi connectivity index (χ2n) is 6.22. The third-order valence-corrected chi connectivity index (χ3v) is 4.48. The quantitative estimate of drug-likeness (QED) is 0.383. The third kappa shape index (κ3) is 5.78. The number of aliphatic imine (C=N–C) groups is 1. The van der Waals surface area contributed by atoms with Crippen LogP contribution >= 0.6 is 24.0 Å². The Balaban J connectivity index is 0.00000261. The fraction of sp³-hybridized carbons (Fsp3) is 0.556. The first-order valence-electron chi connectivity index (χ1n) is 8.97. The molecule has 1 amide bonds. The number of carbonyl (C=O) groups is 1. The number of nitrogens with zero attached hydrogens (tertiary/aromatic N) is 2. The number of hydrogen-bond acceptors (Lipinski definition) is 5. The largest absolute Gasteiger partial charge is 0.454 e. The van der Waals surface area contributed by atoms with Crippen molar-refractivity contribution in [3.63, 3.8) is 0 Å². The van der Waals surface area contributed by atoms with Gasteiger partial charge in [-0.25, -0.2) is 4.79 Å². The molecule has 0 saturated carbocycles. The normalized spacial score (nSPS) is 16.5. The molecule has 3 rings (SSSR count). The van der Waals surface area contributed by atoms with Crippen LogP contribution in [-0.2, 0) is 11.3 Å². The van der Waals surface area contributed by atoms with E-state index in [9.17, 15) is 4.79 Å². The van der Waals surface area contributed by atoms with Gasteiger partial charge in [0, 0.05) is 32.7 Å². The van der Waals surface area contributed by atoms with Gasteiger partial charge in [0.1, 0.15) is 0 Å². The lowest BCUT2D eigenvalue weighted by atomic mass is 10.1. The van der Waals surface area contributed by atoms with Gasteiger partial charge in [0.15, 0.2) is 17.5 Å². The van der Waals surface area contributed by atoms with Gasteiger partial charge in [-0.05, 0) is 37.5 Å². The third-order valence-electron chi connectivity index (χ3n) is 4.48. The first kappa shape index (κ1) is 21.4. The molecule has 150 valence electrons. The van der Waals surface area contributed by atoms with Crippen molar-refractivity contribution >= 4 is 36.0 Å². The summed E-state index contributed by atoms with van der Waals surface area (Å²) < 4.78 is 15.8. The van der Waals surface area contributed by atoms with Crippen molar-refractivity contribution < 1.29 is 19.0 Å². The number of halogens is 1. The van der Waals surface area contributed by atoms with E-state index in [0.29, 0.717) is 26.2 Å². The van der Waals surface area contributed by atoms with E-state index in [1.54, 1.807) is 11.9 Å². The van der Waals surface area contributed by atoms with E-state index >= 15 is 0 Å². The number of amides is 1. The van der Waals surface area contributed by atoms with E-state index < -0.39 is 0 Å². The zero-order valence-electron chi connectivity index (χ0n) is 15.7. The number of likely N-dealkylation sites (tertiary alicyclic amines) is 1. The van der Waals surface area contributed by atoms with Crippen molar-refractivity contribution in [2.45, 2.75) is 32.4 Å². The molecule has 0 bridgehead atoms. The molecule has 9 heteroatoms. The van der Waals surface area contributed by atoms with Crippen molar-refractivity contribution in [1.29, 1.82) is 0 Å². The van der Waals surface area contributed by atoms with E-state index in [1.807, 2.05) is 25.1 Å². The molecule has 0 atom stereocenters. The second-order valence-corrected chi connectivity index (χ2v) is 6.22. The Morgan fingerprint density at radius 3 is 2.74 bits per heavy atom. The highest BCUT2D eigenvalue weighted by Gasteiger charge is 2.24. The molecular formula is C18H27IN4O4. The lowest BCUT2D eigenvalue weighted by Gasteiger charge is -2.32. The van der Waals surface area contributed by atoms with Gasteiger partial charge in [0.05, 0.1) is 6.61 Å². The lowest BCUT2D eigenvalue weighted by Crippen LogP contribution is -2.49. The SMILES string of the molecule is CCOC(=O)N1CCC(NC(=NC)NCc2ccc3c(c2)OCO3)CC1.I. The van der Waals surface area contributed by atoms with Crippen LogP contribution in [0.5, 0.6) is 11.5 Å². The van der Waals surface area contributed by atoms with Crippen LogP contribution in [0.3, 0.4) is 0 Å². The number of piperidine rings is 1. The standard InChI is InChI=1S/C18H26N4O4.HI/c1-3-24-18(23)22-8-6-14(7-9-22)21-17(19-2)20-11-13-4-5-15-16(10-13)26-12-25-15;/h4-5,10,14H,3,6-9,11-12H2,1-2H3,(H2,19,20,21);1H. The molecule has 2 N–H and O–H groups in total. The van der Waals surface area contributed by atoms with Crippen LogP contribution < -0.4 is 20.1 Å². The van der Waals surface area contributed by atoms with Gasteiger partial charge in [-0.1, -0.05) is 6.07 Å². The molecule has 1 saturated heterocycles. The molecule has 1 aromatic rings. The Bertz CT molecular complexity index is 663. The predicted octanol–water partition coefficient (Wildman–Crippen LogP) is 2.32. The molecule has 27 heavy (non-hydrogen) atoms. The lowest BCUT2D eigenvalue weighted by molar-refractivity contribution is 0.0963. The van der Waals surface area contributed by atoms with Crippen molar-refractivity contribution in [1.82, 2.24) is 15.5 Å². The molecule has 1 fully saturated rings. The minimum atomic E-state index is -0.226. The maximum atomic E-state index is 11.8. The maximum Gasteiger partial charge on any atom is 0.409 e. The highest BCUT2D eigenvalue weighted by molar-refractivity contribution is 14.0. The number of ether oxygens (including phenoxy) is 3. The minimum Gasteiger partial charge on any atom is -0.454 e. The second kappa shape index (κ2) is 10.4. The fourth-order valence-corrected chi connectivity index (χ4v) is 3.05. The first-order chi connectivity index (χ1) is 12.7. The average Bonchev–Trinajstić information content (AvgIpc) is 3.13.